The van der Waals surface area contributed by atoms with Crippen molar-refractivity contribution < 1.29 is 71.3 Å². The number of carbonyl (C=O) groups is 4. The van der Waals surface area contributed by atoms with E-state index in [1.165, 1.54) is 7.11 Å². The van der Waals surface area contributed by atoms with E-state index in [4.69, 9.17) is 52.1 Å². The van der Waals surface area contributed by atoms with Gasteiger partial charge in [0.2, 0.25) is 6.29 Å². The maximum atomic E-state index is 13.1. The molecule has 51 heavy (non-hydrogen) atoms. The lowest BCUT2D eigenvalue weighted by Gasteiger charge is -2.50. The van der Waals surface area contributed by atoms with Crippen molar-refractivity contribution in [3.8, 4) is 11.5 Å². The van der Waals surface area contributed by atoms with Crippen LogP contribution in [-0.4, -0.2) is 106 Å². The minimum Gasteiger partial charge on any atom is -0.497 e. The second-order valence-corrected chi connectivity index (χ2v) is 11.5. The third kappa shape index (κ3) is 8.86. The molecular weight excluding hydrogens is 678 g/mol. The molecule has 18 nitrogen and oxygen atoms in total. The van der Waals surface area contributed by atoms with Gasteiger partial charge in [-0.05, 0) is 29.8 Å². The van der Waals surface area contributed by atoms with Gasteiger partial charge in [0, 0.05) is 31.2 Å². The standard InChI is InChI=1S/C33H37N3O15/c1-16(37)44-26-27(45-17(2)38)29(46-18(3)39)33(51-28(26)30(40)42-5)50-25-23(35-36-34)32(47-21-13-11-20(41-4)12-14-21)48-22-15-43-31(49-24(22)25)19-9-7-6-8-10-19/h6-14,22-29,31-33H,15H2,1-5H3/t22-,23-,24+,25-,26+,27+,28+,29-,31+,32-,33-/m1/s1. The summed E-state index contributed by atoms with van der Waals surface area (Å²) in [6.07, 6.45) is -13.9. The van der Waals surface area contributed by atoms with E-state index in [9.17, 15) is 24.7 Å². The second kappa shape index (κ2) is 16.8. The van der Waals surface area contributed by atoms with E-state index in [-0.39, 0.29) is 6.61 Å². The maximum absolute atomic E-state index is 13.1. The van der Waals surface area contributed by atoms with E-state index >= 15 is 0 Å². The number of hydrogen-bond acceptors (Lipinski definition) is 16. The predicted molar refractivity (Wildman–Crippen MR) is 167 cm³/mol. The molecule has 3 heterocycles. The van der Waals surface area contributed by atoms with Crippen molar-refractivity contribution in [1.29, 1.82) is 0 Å². The summed E-state index contributed by atoms with van der Waals surface area (Å²) in [6, 6.07) is 14.2. The number of rotatable bonds is 11. The average Bonchev–Trinajstić information content (AvgIpc) is 3.11. The summed E-state index contributed by atoms with van der Waals surface area (Å²) >= 11 is 0. The fourth-order valence-electron chi connectivity index (χ4n) is 5.91. The number of azide groups is 1. The van der Waals surface area contributed by atoms with Crippen molar-refractivity contribution in [2.45, 2.75) is 88.4 Å². The second-order valence-electron chi connectivity index (χ2n) is 11.5. The molecule has 0 saturated carbocycles. The fourth-order valence-corrected chi connectivity index (χ4v) is 5.91. The summed E-state index contributed by atoms with van der Waals surface area (Å²) in [5, 5.41) is 3.96. The number of benzene rings is 2. The molecule has 2 aromatic rings. The molecule has 0 aromatic heterocycles. The van der Waals surface area contributed by atoms with Crippen LogP contribution in [0.4, 0.5) is 0 Å². The molecule has 0 bridgehead atoms. The first-order valence-corrected chi connectivity index (χ1v) is 15.8. The maximum Gasteiger partial charge on any atom is 0.339 e. The molecule has 274 valence electrons. The minimum absolute atomic E-state index is 0.0379. The highest BCUT2D eigenvalue weighted by Gasteiger charge is 2.59. The van der Waals surface area contributed by atoms with Crippen LogP contribution in [0.25, 0.3) is 10.4 Å². The van der Waals surface area contributed by atoms with E-state index in [1.54, 1.807) is 48.5 Å². The Bertz CT molecular complexity index is 1590. The van der Waals surface area contributed by atoms with Crippen LogP contribution in [0.3, 0.4) is 0 Å². The summed E-state index contributed by atoms with van der Waals surface area (Å²) in [6.45, 7) is 3.16. The van der Waals surface area contributed by atoms with Gasteiger partial charge in [0.05, 0.1) is 20.8 Å². The SMILES string of the molecule is COC(=O)[C@H]1O[C@@H](O[C@@H]2[C@@H](N=[N+]=[N-])[C@H](Oc3ccc(OC)cc3)O[C@@H]3CO[C@H](c4ccccc4)O[C@H]23)[C@H](OC(C)=O)[C@@H](OC(C)=O)[C@@H]1OC(C)=O. The van der Waals surface area contributed by atoms with Crippen molar-refractivity contribution in [3.05, 3.63) is 70.6 Å². The van der Waals surface area contributed by atoms with E-state index in [1.807, 2.05) is 6.07 Å². The van der Waals surface area contributed by atoms with Gasteiger partial charge < -0.3 is 52.1 Å². The van der Waals surface area contributed by atoms with Crippen molar-refractivity contribution in [3.63, 3.8) is 0 Å². The monoisotopic (exact) mass is 715 g/mol. The van der Waals surface area contributed by atoms with Crippen molar-refractivity contribution in [2.24, 2.45) is 5.11 Å². The van der Waals surface area contributed by atoms with Crippen molar-refractivity contribution in [2.75, 3.05) is 20.8 Å². The molecular formula is C33H37N3O15. The lowest BCUT2D eigenvalue weighted by Crippen LogP contribution is -2.68. The molecule has 11 atom stereocenters. The Morgan fingerprint density at radius 3 is 2.00 bits per heavy atom. The molecule has 2 aromatic carbocycles. The van der Waals surface area contributed by atoms with Crippen LogP contribution in [0.2, 0.25) is 0 Å². The van der Waals surface area contributed by atoms with Gasteiger partial charge >= 0.3 is 23.9 Å². The first-order valence-electron chi connectivity index (χ1n) is 15.8. The predicted octanol–water partition coefficient (Wildman–Crippen LogP) is 2.67. The highest BCUT2D eigenvalue weighted by Crippen LogP contribution is 2.40. The molecule has 3 aliphatic heterocycles. The van der Waals surface area contributed by atoms with Crippen LogP contribution in [0.15, 0.2) is 59.7 Å². The largest absolute Gasteiger partial charge is 0.497 e. The molecule has 3 fully saturated rings. The number of hydrogen-bond donors (Lipinski definition) is 0. The fraction of sp³-hybridized carbons (Fsp3) is 0.515. The zero-order valence-corrected chi connectivity index (χ0v) is 28.2. The van der Waals surface area contributed by atoms with Gasteiger partial charge in [0.1, 0.15) is 35.9 Å². The topological polar surface area (TPSA) is 219 Å². The molecule has 0 spiro atoms. The zero-order chi connectivity index (χ0) is 36.7. The Kier molecular flexibility index (Phi) is 12.3. The molecule has 0 radical (unpaired) electrons. The normalized spacial score (nSPS) is 31.4. The van der Waals surface area contributed by atoms with Gasteiger partial charge in [-0.2, -0.15) is 0 Å². The van der Waals surface area contributed by atoms with E-state index in [2.05, 4.69) is 10.0 Å². The van der Waals surface area contributed by atoms with Crippen molar-refractivity contribution in [1.82, 2.24) is 0 Å². The van der Waals surface area contributed by atoms with Crippen LogP contribution in [-0.2, 0) is 61.8 Å². The van der Waals surface area contributed by atoms with Crippen LogP contribution in [0, 0.1) is 0 Å². The van der Waals surface area contributed by atoms with Crippen LogP contribution >= 0.6 is 0 Å². The third-order valence-corrected chi connectivity index (χ3v) is 8.00. The first kappa shape index (κ1) is 37.3. The van der Waals surface area contributed by atoms with Crippen LogP contribution < -0.4 is 9.47 Å². The summed E-state index contributed by atoms with van der Waals surface area (Å²) in [4.78, 5) is 53.0. The summed E-state index contributed by atoms with van der Waals surface area (Å²) in [7, 11) is 2.57. The van der Waals surface area contributed by atoms with Crippen molar-refractivity contribution >= 4 is 23.9 Å². The minimum atomic E-state index is -1.75. The number of ether oxygens (including phenoxy) is 11. The highest BCUT2D eigenvalue weighted by molar-refractivity contribution is 5.77. The highest BCUT2D eigenvalue weighted by atomic mass is 16.8. The van der Waals surface area contributed by atoms with Gasteiger partial charge in [-0.15, -0.1) is 0 Å². The number of nitrogens with zero attached hydrogens (tertiary/aromatic N) is 3. The lowest BCUT2D eigenvalue weighted by atomic mass is 9.94. The number of esters is 4. The van der Waals surface area contributed by atoms with Gasteiger partial charge in [-0.25, -0.2) is 4.79 Å². The van der Waals surface area contributed by atoms with E-state index in [0.717, 1.165) is 27.9 Å². The Balaban J connectivity index is 1.57. The summed E-state index contributed by atoms with van der Waals surface area (Å²) in [5.41, 5.74) is 10.4. The van der Waals surface area contributed by atoms with Gasteiger partial charge in [0.15, 0.2) is 37.0 Å². The summed E-state index contributed by atoms with van der Waals surface area (Å²) in [5.74, 6) is -2.77. The van der Waals surface area contributed by atoms with Gasteiger partial charge in [-0.3, -0.25) is 14.4 Å². The third-order valence-electron chi connectivity index (χ3n) is 8.00. The van der Waals surface area contributed by atoms with E-state index in [0.29, 0.717) is 17.1 Å². The number of methoxy groups -OCH3 is 2. The molecule has 5 rings (SSSR count). The molecule has 0 aliphatic carbocycles. The molecule has 0 N–H and O–H groups in total. The Morgan fingerprint density at radius 1 is 0.765 bits per heavy atom. The zero-order valence-electron chi connectivity index (χ0n) is 28.2. The molecule has 0 amide bonds. The van der Waals surface area contributed by atoms with Gasteiger partial charge in [0.25, 0.3) is 0 Å². The van der Waals surface area contributed by atoms with Crippen LogP contribution in [0.1, 0.15) is 32.6 Å². The Morgan fingerprint density at radius 2 is 1.39 bits per heavy atom. The molecule has 18 heteroatoms. The Labute approximate surface area is 291 Å². The first-order chi connectivity index (χ1) is 24.5. The average molecular weight is 716 g/mol. The summed E-state index contributed by atoms with van der Waals surface area (Å²) < 4.78 is 63.8. The smallest absolute Gasteiger partial charge is 0.339 e. The molecule has 0 unspecified atom stereocenters. The quantitative estimate of drug-likeness (QED) is 0.107. The Hall–Kier alpha value is -4.97. The van der Waals surface area contributed by atoms with Gasteiger partial charge in [-0.1, -0.05) is 35.4 Å². The van der Waals surface area contributed by atoms with E-state index < -0.39 is 91.5 Å². The number of fused-ring (bicyclic) bond motifs is 1. The van der Waals surface area contributed by atoms with Crippen LogP contribution in [0.5, 0.6) is 11.5 Å². The lowest BCUT2D eigenvalue weighted by molar-refractivity contribution is -0.368. The number of carbonyl (C=O) groups excluding carboxylic acids is 4. The molecule has 3 aliphatic rings. The molecule has 3 saturated heterocycles.